The van der Waals surface area contributed by atoms with Crippen LogP contribution >= 0.6 is 0 Å². The number of fused-ring (bicyclic) bond motifs is 2. The number of anilines is 1. The number of aromatic nitrogens is 5. The van der Waals surface area contributed by atoms with Gasteiger partial charge in [-0.1, -0.05) is 18.2 Å². The minimum atomic E-state index is -0.0710. The Balaban J connectivity index is 1.31. The van der Waals surface area contributed by atoms with Crippen molar-refractivity contribution in [1.82, 2.24) is 24.1 Å². The molecular formula is C22H22N6O. The van der Waals surface area contributed by atoms with E-state index >= 15 is 0 Å². The predicted molar refractivity (Wildman–Crippen MR) is 111 cm³/mol. The van der Waals surface area contributed by atoms with Crippen LogP contribution in [0.5, 0.6) is 0 Å². The van der Waals surface area contributed by atoms with Gasteiger partial charge in [-0.05, 0) is 44.0 Å². The van der Waals surface area contributed by atoms with Crippen LogP contribution in [0.3, 0.4) is 0 Å². The van der Waals surface area contributed by atoms with E-state index in [0.717, 1.165) is 52.6 Å². The average molecular weight is 386 g/mol. The summed E-state index contributed by atoms with van der Waals surface area (Å²) >= 11 is 0. The van der Waals surface area contributed by atoms with Gasteiger partial charge in [-0.3, -0.25) is 4.79 Å². The van der Waals surface area contributed by atoms with Crippen LogP contribution in [0.25, 0.3) is 16.9 Å². The third-order valence-corrected chi connectivity index (χ3v) is 5.63. The van der Waals surface area contributed by atoms with E-state index in [1.165, 1.54) is 0 Å². The zero-order chi connectivity index (χ0) is 20.0. The summed E-state index contributed by atoms with van der Waals surface area (Å²) in [5.41, 5.74) is 4.83. The number of rotatable bonds is 3. The lowest BCUT2D eigenvalue weighted by Gasteiger charge is -2.23. The second kappa shape index (κ2) is 6.84. The maximum atomic E-state index is 12.7. The van der Waals surface area contributed by atoms with Gasteiger partial charge in [-0.15, -0.1) is 10.2 Å². The summed E-state index contributed by atoms with van der Waals surface area (Å²) < 4.78 is 4.08. The number of carbonyl (C=O) groups excluding carboxylic acids is 1. The molecule has 0 aliphatic carbocycles. The van der Waals surface area contributed by atoms with Crippen molar-refractivity contribution in [2.24, 2.45) is 5.92 Å². The quantitative estimate of drug-likeness (QED) is 0.585. The summed E-state index contributed by atoms with van der Waals surface area (Å²) in [4.78, 5) is 17.5. The SMILES string of the molecule is Cc1cccn2cc(-c3ccc(NC(=O)[C@@H]4CCc5nnc(C)n5C4)cc3)nc12. The van der Waals surface area contributed by atoms with E-state index < -0.39 is 0 Å². The minimum absolute atomic E-state index is 0.0415. The van der Waals surface area contributed by atoms with Gasteiger partial charge in [0.05, 0.1) is 11.6 Å². The van der Waals surface area contributed by atoms with Gasteiger partial charge in [0.1, 0.15) is 17.3 Å². The highest BCUT2D eigenvalue weighted by molar-refractivity contribution is 5.92. The fraction of sp³-hybridized carbons (Fsp3) is 0.273. The van der Waals surface area contributed by atoms with Crippen LogP contribution < -0.4 is 5.32 Å². The third kappa shape index (κ3) is 3.18. The normalized spacial score (nSPS) is 16.0. The number of aryl methyl sites for hydroxylation is 3. The first kappa shape index (κ1) is 17.6. The highest BCUT2D eigenvalue weighted by Gasteiger charge is 2.26. The molecule has 0 saturated heterocycles. The van der Waals surface area contributed by atoms with Gasteiger partial charge in [-0.25, -0.2) is 4.98 Å². The zero-order valence-electron chi connectivity index (χ0n) is 16.5. The number of carbonyl (C=O) groups is 1. The Bertz CT molecular complexity index is 1200. The predicted octanol–water partition coefficient (Wildman–Crippen LogP) is 3.41. The third-order valence-electron chi connectivity index (χ3n) is 5.63. The molecule has 0 fully saturated rings. The molecular weight excluding hydrogens is 364 g/mol. The topological polar surface area (TPSA) is 77.1 Å². The average Bonchev–Trinajstić information content (AvgIpc) is 3.33. The molecule has 1 aliphatic rings. The summed E-state index contributed by atoms with van der Waals surface area (Å²) in [6, 6.07) is 11.9. The summed E-state index contributed by atoms with van der Waals surface area (Å²) in [5, 5.41) is 11.3. The molecule has 1 aromatic carbocycles. The number of imidazole rings is 1. The van der Waals surface area contributed by atoms with Crippen LogP contribution in [0.2, 0.25) is 0 Å². The molecule has 1 atom stereocenters. The van der Waals surface area contributed by atoms with Crippen molar-refractivity contribution in [2.45, 2.75) is 33.2 Å². The van der Waals surface area contributed by atoms with Crippen LogP contribution in [0.1, 0.15) is 23.6 Å². The van der Waals surface area contributed by atoms with Gasteiger partial charge >= 0.3 is 0 Å². The number of benzene rings is 1. The van der Waals surface area contributed by atoms with Crippen LogP contribution in [-0.2, 0) is 17.8 Å². The van der Waals surface area contributed by atoms with E-state index in [0.29, 0.717) is 6.54 Å². The van der Waals surface area contributed by atoms with Crippen molar-refractivity contribution in [3.05, 3.63) is 66.0 Å². The summed E-state index contributed by atoms with van der Waals surface area (Å²) in [6.45, 7) is 4.62. The number of nitrogens with one attached hydrogen (secondary N) is 1. The van der Waals surface area contributed by atoms with Crippen LogP contribution in [0.15, 0.2) is 48.8 Å². The maximum Gasteiger partial charge on any atom is 0.229 e. The van der Waals surface area contributed by atoms with Crippen molar-refractivity contribution in [3.8, 4) is 11.3 Å². The van der Waals surface area contributed by atoms with E-state index in [-0.39, 0.29) is 11.8 Å². The number of pyridine rings is 1. The van der Waals surface area contributed by atoms with E-state index in [4.69, 9.17) is 4.98 Å². The minimum Gasteiger partial charge on any atom is -0.326 e. The van der Waals surface area contributed by atoms with Crippen molar-refractivity contribution < 1.29 is 4.79 Å². The first-order chi connectivity index (χ1) is 14.1. The fourth-order valence-electron chi connectivity index (χ4n) is 3.94. The van der Waals surface area contributed by atoms with Gasteiger partial charge in [0.25, 0.3) is 0 Å². The molecule has 3 aromatic heterocycles. The molecule has 1 amide bonds. The molecule has 7 heteroatoms. The Morgan fingerprint density at radius 2 is 1.97 bits per heavy atom. The van der Waals surface area contributed by atoms with E-state index in [2.05, 4.69) is 28.5 Å². The summed E-state index contributed by atoms with van der Waals surface area (Å²) in [7, 11) is 0. The lowest BCUT2D eigenvalue weighted by Crippen LogP contribution is -2.31. The molecule has 4 heterocycles. The Hall–Kier alpha value is -3.48. The molecule has 29 heavy (non-hydrogen) atoms. The standard InChI is InChI=1S/C22H22N6O/c1-14-4-3-11-27-13-19(24-21(14)27)16-5-8-18(9-6-16)23-22(29)17-7-10-20-26-25-15(2)28(20)12-17/h3-6,8-9,11,13,17H,7,10,12H2,1-2H3,(H,23,29)/t17-/m1/s1. The second-order valence-corrected chi connectivity index (χ2v) is 7.62. The number of amides is 1. The molecule has 0 bridgehead atoms. The largest absolute Gasteiger partial charge is 0.326 e. The molecule has 1 aliphatic heterocycles. The Kier molecular flexibility index (Phi) is 4.16. The van der Waals surface area contributed by atoms with Gasteiger partial charge in [0.15, 0.2) is 0 Å². The maximum absolute atomic E-state index is 12.7. The highest BCUT2D eigenvalue weighted by atomic mass is 16.1. The lowest BCUT2D eigenvalue weighted by molar-refractivity contribution is -0.120. The van der Waals surface area contributed by atoms with Crippen LogP contribution in [0.4, 0.5) is 5.69 Å². The monoisotopic (exact) mass is 386 g/mol. The van der Waals surface area contributed by atoms with E-state index in [1.54, 1.807) is 0 Å². The van der Waals surface area contributed by atoms with Crippen molar-refractivity contribution in [2.75, 3.05) is 5.32 Å². The van der Waals surface area contributed by atoms with Gasteiger partial charge < -0.3 is 14.3 Å². The van der Waals surface area contributed by atoms with Crippen molar-refractivity contribution >= 4 is 17.2 Å². The van der Waals surface area contributed by atoms with Gasteiger partial charge in [0, 0.05) is 36.6 Å². The van der Waals surface area contributed by atoms with Crippen molar-refractivity contribution in [3.63, 3.8) is 0 Å². The molecule has 5 rings (SSSR count). The Morgan fingerprint density at radius 3 is 2.76 bits per heavy atom. The molecule has 146 valence electrons. The number of hydrogen-bond donors (Lipinski definition) is 1. The van der Waals surface area contributed by atoms with Gasteiger partial charge in [-0.2, -0.15) is 0 Å². The van der Waals surface area contributed by atoms with E-state index in [1.807, 2.05) is 58.6 Å². The van der Waals surface area contributed by atoms with Crippen LogP contribution in [-0.4, -0.2) is 30.1 Å². The summed E-state index contributed by atoms with van der Waals surface area (Å²) in [6.07, 6.45) is 5.60. The molecule has 0 radical (unpaired) electrons. The fourth-order valence-corrected chi connectivity index (χ4v) is 3.94. The molecule has 0 saturated carbocycles. The highest BCUT2D eigenvalue weighted by Crippen LogP contribution is 2.24. The summed E-state index contributed by atoms with van der Waals surface area (Å²) in [5.74, 6) is 1.81. The number of hydrogen-bond acceptors (Lipinski definition) is 4. The number of nitrogens with zero attached hydrogens (tertiary/aromatic N) is 5. The second-order valence-electron chi connectivity index (χ2n) is 7.62. The zero-order valence-corrected chi connectivity index (χ0v) is 16.5. The smallest absolute Gasteiger partial charge is 0.229 e. The molecule has 1 N–H and O–H groups in total. The molecule has 0 unspecified atom stereocenters. The Labute approximate surface area is 168 Å². The van der Waals surface area contributed by atoms with Gasteiger partial charge in [0.2, 0.25) is 5.91 Å². The van der Waals surface area contributed by atoms with E-state index in [9.17, 15) is 4.79 Å². The van der Waals surface area contributed by atoms with Crippen molar-refractivity contribution in [1.29, 1.82) is 0 Å². The molecule has 7 nitrogen and oxygen atoms in total. The Morgan fingerprint density at radius 1 is 1.14 bits per heavy atom. The van der Waals surface area contributed by atoms with Crippen LogP contribution in [0, 0.1) is 19.8 Å². The molecule has 4 aromatic rings. The first-order valence-electron chi connectivity index (χ1n) is 9.83. The molecule has 0 spiro atoms. The first-order valence-corrected chi connectivity index (χ1v) is 9.83. The lowest BCUT2D eigenvalue weighted by atomic mass is 9.98.